The van der Waals surface area contributed by atoms with Crippen molar-refractivity contribution in [3.8, 4) is 0 Å². The molecule has 5 heteroatoms. The molecule has 0 spiro atoms. The lowest BCUT2D eigenvalue weighted by Crippen LogP contribution is -2.45. The Bertz CT molecular complexity index is 461. The van der Waals surface area contributed by atoms with Crippen LogP contribution in [-0.4, -0.2) is 39.5 Å². The van der Waals surface area contributed by atoms with Crippen LogP contribution in [0, 0.1) is 0 Å². The maximum Gasteiger partial charge on any atom is 0.141 e. The zero-order valence-corrected chi connectivity index (χ0v) is 12.9. The number of hydrogen-bond donors (Lipinski definition) is 2. The van der Waals surface area contributed by atoms with Gasteiger partial charge in [-0.3, -0.25) is 4.90 Å². The predicted molar refractivity (Wildman–Crippen MR) is 85.3 cm³/mol. The van der Waals surface area contributed by atoms with Gasteiger partial charge in [0.2, 0.25) is 0 Å². The number of rotatable bonds is 4. The van der Waals surface area contributed by atoms with E-state index >= 15 is 0 Å². The smallest absolute Gasteiger partial charge is 0.141 e. The molecule has 110 valence electrons. The SMILES string of the molecule is CC1(C)CN(C(C/C(N)=N/O)c2ccccc2)CCS1. The Kier molecular flexibility index (Phi) is 4.94. The molecule has 0 bridgehead atoms. The van der Waals surface area contributed by atoms with Crippen LogP contribution in [-0.2, 0) is 0 Å². The molecule has 1 saturated heterocycles. The second-order valence-corrected chi connectivity index (χ2v) is 7.60. The second kappa shape index (κ2) is 6.50. The number of benzene rings is 1. The maximum atomic E-state index is 8.87. The Morgan fingerprint density at radius 3 is 2.75 bits per heavy atom. The Morgan fingerprint density at radius 2 is 2.15 bits per heavy atom. The van der Waals surface area contributed by atoms with Crippen molar-refractivity contribution in [1.29, 1.82) is 0 Å². The minimum absolute atomic E-state index is 0.173. The molecule has 1 unspecified atom stereocenters. The lowest BCUT2D eigenvalue weighted by Gasteiger charge is -2.42. The average Bonchev–Trinajstić information content (AvgIpc) is 2.44. The van der Waals surface area contributed by atoms with Crippen LogP contribution in [0.1, 0.15) is 31.9 Å². The van der Waals surface area contributed by atoms with E-state index in [0.29, 0.717) is 6.42 Å². The average molecular weight is 293 g/mol. The van der Waals surface area contributed by atoms with Crippen molar-refractivity contribution < 1.29 is 5.21 Å². The largest absolute Gasteiger partial charge is 0.409 e. The third-order valence-corrected chi connectivity index (χ3v) is 4.91. The highest BCUT2D eigenvalue weighted by Gasteiger charge is 2.32. The summed E-state index contributed by atoms with van der Waals surface area (Å²) in [6.07, 6.45) is 0.557. The minimum Gasteiger partial charge on any atom is -0.409 e. The van der Waals surface area contributed by atoms with Crippen LogP contribution in [0.25, 0.3) is 0 Å². The number of amidine groups is 1. The van der Waals surface area contributed by atoms with Gasteiger partial charge in [0.05, 0.1) is 0 Å². The molecular weight excluding hydrogens is 270 g/mol. The zero-order chi connectivity index (χ0) is 14.6. The molecule has 1 atom stereocenters. The molecule has 1 aromatic rings. The molecule has 0 saturated carbocycles. The van der Waals surface area contributed by atoms with Crippen LogP contribution >= 0.6 is 11.8 Å². The first-order valence-electron chi connectivity index (χ1n) is 6.91. The monoisotopic (exact) mass is 293 g/mol. The number of hydrogen-bond acceptors (Lipinski definition) is 4. The summed E-state index contributed by atoms with van der Waals surface area (Å²) in [7, 11) is 0. The Hall–Kier alpha value is -1.20. The third kappa shape index (κ3) is 3.90. The van der Waals surface area contributed by atoms with E-state index in [1.807, 2.05) is 30.0 Å². The summed E-state index contributed by atoms with van der Waals surface area (Å²) in [6, 6.07) is 10.5. The summed E-state index contributed by atoms with van der Waals surface area (Å²) in [5.41, 5.74) is 6.98. The summed E-state index contributed by atoms with van der Waals surface area (Å²) in [5, 5.41) is 12.0. The van der Waals surface area contributed by atoms with Crippen molar-refractivity contribution in [2.24, 2.45) is 10.9 Å². The van der Waals surface area contributed by atoms with Crippen LogP contribution in [0.15, 0.2) is 35.5 Å². The zero-order valence-electron chi connectivity index (χ0n) is 12.1. The van der Waals surface area contributed by atoms with Crippen molar-refractivity contribution >= 4 is 17.6 Å². The molecule has 1 aromatic carbocycles. The Balaban J connectivity index is 2.22. The van der Waals surface area contributed by atoms with Crippen LogP contribution in [0.3, 0.4) is 0 Å². The van der Waals surface area contributed by atoms with Gasteiger partial charge in [0.15, 0.2) is 0 Å². The second-order valence-electron chi connectivity index (χ2n) is 5.80. The van der Waals surface area contributed by atoms with E-state index < -0.39 is 0 Å². The fraction of sp³-hybridized carbons (Fsp3) is 0.533. The normalized spacial score (nSPS) is 21.6. The van der Waals surface area contributed by atoms with E-state index in [0.717, 1.165) is 18.8 Å². The van der Waals surface area contributed by atoms with Crippen LogP contribution in [0.4, 0.5) is 0 Å². The topological polar surface area (TPSA) is 61.8 Å². The molecule has 20 heavy (non-hydrogen) atoms. The summed E-state index contributed by atoms with van der Waals surface area (Å²) < 4.78 is 0.246. The van der Waals surface area contributed by atoms with E-state index in [9.17, 15) is 0 Å². The summed E-state index contributed by atoms with van der Waals surface area (Å²) in [5.74, 6) is 1.40. The van der Waals surface area contributed by atoms with E-state index in [1.165, 1.54) is 5.56 Å². The van der Waals surface area contributed by atoms with E-state index in [2.05, 4.69) is 36.0 Å². The van der Waals surface area contributed by atoms with Crippen LogP contribution in [0.2, 0.25) is 0 Å². The highest BCUT2D eigenvalue weighted by Crippen LogP contribution is 2.35. The molecule has 2 rings (SSSR count). The summed E-state index contributed by atoms with van der Waals surface area (Å²) >= 11 is 2.01. The van der Waals surface area contributed by atoms with Crippen molar-refractivity contribution in [3.05, 3.63) is 35.9 Å². The van der Waals surface area contributed by atoms with Gasteiger partial charge in [-0.2, -0.15) is 11.8 Å². The van der Waals surface area contributed by atoms with E-state index in [1.54, 1.807) is 0 Å². The Labute approximate surface area is 125 Å². The Morgan fingerprint density at radius 1 is 1.45 bits per heavy atom. The minimum atomic E-state index is 0.173. The number of thioether (sulfide) groups is 1. The van der Waals surface area contributed by atoms with E-state index in [4.69, 9.17) is 10.9 Å². The molecule has 0 radical (unpaired) electrons. The van der Waals surface area contributed by atoms with Gasteiger partial charge in [-0.25, -0.2) is 0 Å². The first-order chi connectivity index (χ1) is 9.52. The van der Waals surface area contributed by atoms with Gasteiger partial charge in [0.1, 0.15) is 5.84 Å². The standard InChI is InChI=1S/C15H23N3OS/c1-15(2)11-18(8-9-20-15)13(10-14(16)17-19)12-6-4-3-5-7-12/h3-7,13,19H,8-11H2,1-2H3,(H2,16,17). The van der Waals surface area contributed by atoms with Crippen LogP contribution < -0.4 is 5.73 Å². The molecule has 0 amide bonds. The summed E-state index contributed by atoms with van der Waals surface area (Å²) in [6.45, 7) is 6.59. The molecule has 1 aliphatic heterocycles. The maximum absolute atomic E-state index is 8.87. The van der Waals surface area contributed by atoms with Gasteiger partial charge >= 0.3 is 0 Å². The molecule has 0 aromatic heterocycles. The summed E-state index contributed by atoms with van der Waals surface area (Å²) in [4.78, 5) is 2.45. The molecule has 1 heterocycles. The van der Waals surface area contributed by atoms with Gasteiger partial charge in [-0.05, 0) is 19.4 Å². The fourth-order valence-corrected chi connectivity index (χ4v) is 3.83. The lowest BCUT2D eigenvalue weighted by molar-refractivity contribution is 0.190. The van der Waals surface area contributed by atoms with Gasteiger partial charge < -0.3 is 10.9 Å². The van der Waals surface area contributed by atoms with Gasteiger partial charge in [0.25, 0.3) is 0 Å². The number of oxime groups is 1. The van der Waals surface area contributed by atoms with Gasteiger partial charge in [-0.1, -0.05) is 35.5 Å². The predicted octanol–water partition coefficient (Wildman–Crippen LogP) is 2.69. The molecule has 3 N–H and O–H groups in total. The highest BCUT2D eigenvalue weighted by molar-refractivity contribution is 8.00. The van der Waals surface area contributed by atoms with E-state index in [-0.39, 0.29) is 16.6 Å². The number of nitrogens with zero attached hydrogens (tertiary/aromatic N) is 2. The third-order valence-electron chi connectivity index (χ3n) is 3.61. The van der Waals surface area contributed by atoms with Gasteiger partial charge in [-0.15, -0.1) is 0 Å². The molecule has 4 nitrogen and oxygen atoms in total. The molecule has 1 aliphatic rings. The fourth-order valence-electron chi connectivity index (χ4n) is 2.69. The van der Waals surface area contributed by atoms with Crippen molar-refractivity contribution in [3.63, 3.8) is 0 Å². The van der Waals surface area contributed by atoms with Gasteiger partial charge in [0, 0.05) is 36.1 Å². The highest BCUT2D eigenvalue weighted by atomic mass is 32.2. The first kappa shape index (κ1) is 15.2. The van der Waals surface area contributed by atoms with Crippen molar-refractivity contribution in [2.45, 2.75) is 31.1 Å². The molecule has 0 aliphatic carbocycles. The lowest BCUT2D eigenvalue weighted by atomic mass is 10.00. The van der Waals surface area contributed by atoms with Crippen molar-refractivity contribution in [2.75, 3.05) is 18.8 Å². The van der Waals surface area contributed by atoms with Crippen LogP contribution in [0.5, 0.6) is 0 Å². The molecular formula is C15H23N3OS. The first-order valence-corrected chi connectivity index (χ1v) is 7.90. The number of nitrogens with two attached hydrogens (primary N) is 1. The quantitative estimate of drug-likeness (QED) is 0.388. The molecule has 1 fully saturated rings. The van der Waals surface area contributed by atoms with Crippen molar-refractivity contribution in [1.82, 2.24) is 4.90 Å².